The molecule has 0 spiro atoms. The monoisotopic (exact) mass is 224 g/mol. The molecule has 0 aliphatic rings. The van der Waals surface area contributed by atoms with Gasteiger partial charge in [0, 0.05) is 18.7 Å². The topological polar surface area (TPSA) is 75.4 Å². The first kappa shape index (κ1) is 14.6. The molecular formula is C12H20N2O2. The molecule has 0 bridgehead atoms. The summed E-state index contributed by atoms with van der Waals surface area (Å²) in [5, 5.41) is 11.1. The van der Waals surface area contributed by atoms with Crippen molar-refractivity contribution in [2.75, 3.05) is 13.2 Å². The van der Waals surface area contributed by atoms with E-state index in [1.807, 2.05) is 26.0 Å². The van der Waals surface area contributed by atoms with E-state index < -0.39 is 0 Å². The molecule has 0 radical (unpaired) electrons. The Bertz CT molecular complexity index is 296. The number of aliphatic hydroxyl groups is 1. The van der Waals surface area contributed by atoms with Gasteiger partial charge in [0.05, 0.1) is 6.61 Å². The van der Waals surface area contributed by atoms with E-state index in [1.165, 1.54) is 0 Å². The summed E-state index contributed by atoms with van der Waals surface area (Å²) in [6.45, 7) is 4.70. The zero-order valence-corrected chi connectivity index (χ0v) is 9.86. The minimum atomic E-state index is -0.178. The van der Waals surface area contributed by atoms with Crippen LogP contribution in [0.2, 0.25) is 0 Å². The van der Waals surface area contributed by atoms with Crippen molar-refractivity contribution in [2.45, 2.75) is 20.4 Å². The highest BCUT2D eigenvalue weighted by Crippen LogP contribution is 2.03. The van der Waals surface area contributed by atoms with Crippen LogP contribution in [0.25, 0.3) is 0 Å². The number of nitrogens with two attached hydrogens (primary N) is 1. The van der Waals surface area contributed by atoms with Crippen molar-refractivity contribution in [1.82, 2.24) is 5.32 Å². The smallest absolute Gasteiger partial charge is 0.251 e. The molecule has 0 unspecified atom stereocenters. The Hall–Kier alpha value is -1.39. The number of amides is 1. The van der Waals surface area contributed by atoms with Crippen molar-refractivity contribution in [3.05, 3.63) is 35.4 Å². The third-order valence-corrected chi connectivity index (χ3v) is 1.85. The molecule has 0 saturated heterocycles. The van der Waals surface area contributed by atoms with Crippen molar-refractivity contribution in [3.63, 3.8) is 0 Å². The first-order valence-corrected chi connectivity index (χ1v) is 5.46. The van der Waals surface area contributed by atoms with E-state index >= 15 is 0 Å². The summed E-state index contributed by atoms with van der Waals surface area (Å²) in [4.78, 5) is 11.3. The van der Waals surface area contributed by atoms with E-state index in [0.717, 1.165) is 5.56 Å². The van der Waals surface area contributed by atoms with Gasteiger partial charge in [-0.15, -0.1) is 0 Å². The molecule has 16 heavy (non-hydrogen) atoms. The van der Waals surface area contributed by atoms with Crippen molar-refractivity contribution < 1.29 is 9.90 Å². The van der Waals surface area contributed by atoms with E-state index in [1.54, 1.807) is 12.1 Å². The number of aliphatic hydroxyl groups excluding tert-OH is 1. The van der Waals surface area contributed by atoms with Gasteiger partial charge in [0.2, 0.25) is 0 Å². The molecule has 1 amide bonds. The normalized spacial score (nSPS) is 9.00. The van der Waals surface area contributed by atoms with E-state index in [9.17, 15) is 4.79 Å². The lowest BCUT2D eigenvalue weighted by Crippen LogP contribution is -2.26. The Morgan fingerprint density at radius 2 is 1.88 bits per heavy atom. The average molecular weight is 224 g/mol. The molecule has 4 nitrogen and oxygen atoms in total. The van der Waals surface area contributed by atoms with Crippen LogP contribution in [0.4, 0.5) is 0 Å². The molecule has 0 saturated carbocycles. The fourth-order valence-electron chi connectivity index (χ4n) is 1.06. The minimum Gasteiger partial charge on any atom is -0.395 e. The van der Waals surface area contributed by atoms with Crippen LogP contribution in [0, 0.1) is 0 Å². The second-order valence-corrected chi connectivity index (χ2v) is 2.88. The highest BCUT2D eigenvalue weighted by molar-refractivity contribution is 5.94. The van der Waals surface area contributed by atoms with E-state index in [-0.39, 0.29) is 19.1 Å². The molecule has 1 aromatic carbocycles. The quantitative estimate of drug-likeness (QED) is 0.711. The summed E-state index contributed by atoms with van der Waals surface area (Å²) in [7, 11) is 0. The van der Waals surface area contributed by atoms with Crippen LogP contribution in [-0.2, 0) is 6.54 Å². The standard InChI is InChI=1S/C10H14N2O2.C2H6/c11-7-8-1-3-9(4-2-8)10(14)12-5-6-13;1-2/h1-4,13H,5-7,11H2,(H,12,14);1-2H3. The Balaban J connectivity index is 0.00000106. The Labute approximate surface area is 96.5 Å². The molecule has 90 valence electrons. The zero-order chi connectivity index (χ0) is 12.4. The highest BCUT2D eigenvalue weighted by atomic mass is 16.3. The van der Waals surface area contributed by atoms with Crippen LogP contribution < -0.4 is 11.1 Å². The second-order valence-electron chi connectivity index (χ2n) is 2.88. The molecule has 4 heteroatoms. The predicted octanol–water partition coefficient (Wildman–Crippen LogP) is 0.894. The maximum Gasteiger partial charge on any atom is 0.251 e. The van der Waals surface area contributed by atoms with Gasteiger partial charge in [-0.2, -0.15) is 0 Å². The molecule has 1 rings (SSSR count). The van der Waals surface area contributed by atoms with Crippen LogP contribution in [0.5, 0.6) is 0 Å². The third-order valence-electron chi connectivity index (χ3n) is 1.85. The lowest BCUT2D eigenvalue weighted by atomic mass is 10.1. The van der Waals surface area contributed by atoms with Crippen LogP contribution in [0.15, 0.2) is 24.3 Å². The van der Waals surface area contributed by atoms with Gasteiger partial charge in [-0.05, 0) is 17.7 Å². The van der Waals surface area contributed by atoms with Crippen LogP contribution in [0.3, 0.4) is 0 Å². The highest BCUT2D eigenvalue weighted by Gasteiger charge is 2.03. The van der Waals surface area contributed by atoms with Gasteiger partial charge in [0.25, 0.3) is 5.91 Å². The van der Waals surface area contributed by atoms with E-state index in [0.29, 0.717) is 12.1 Å². The number of rotatable bonds is 4. The van der Waals surface area contributed by atoms with Crippen LogP contribution >= 0.6 is 0 Å². The SMILES string of the molecule is CC.NCc1ccc(C(=O)NCCO)cc1. The largest absolute Gasteiger partial charge is 0.395 e. The van der Waals surface area contributed by atoms with Gasteiger partial charge in [-0.25, -0.2) is 0 Å². The minimum absolute atomic E-state index is 0.0490. The molecule has 0 heterocycles. The lowest BCUT2D eigenvalue weighted by Gasteiger charge is -2.03. The molecule has 0 aromatic heterocycles. The first-order chi connectivity index (χ1) is 7.77. The fourth-order valence-corrected chi connectivity index (χ4v) is 1.06. The Morgan fingerprint density at radius 3 is 2.31 bits per heavy atom. The predicted molar refractivity (Wildman–Crippen MR) is 65.1 cm³/mol. The van der Waals surface area contributed by atoms with E-state index in [2.05, 4.69) is 5.32 Å². The van der Waals surface area contributed by atoms with Crippen LogP contribution in [-0.4, -0.2) is 24.2 Å². The fraction of sp³-hybridized carbons (Fsp3) is 0.417. The molecule has 0 fully saturated rings. The summed E-state index contributed by atoms with van der Waals surface area (Å²) in [6.07, 6.45) is 0. The third kappa shape index (κ3) is 4.91. The summed E-state index contributed by atoms with van der Waals surface area (Å²) >= 11 is 0. The van der Waals surface area contributed by atoms with Gasteiger partial charge < -0.3 is 16.2 Å². The van der Waals surface area contributed by atoms with Crippen molar-refractivity contribution in [1.29, 1.82) is 0 Å². The Morgan fingerprint density at radius 1 is 1.31 bits per heavy atom. The van der Waals surface area contributed by atoms with Gasteiger partial charge in [-0.3, -0.25) is 4.79 Å². The first-order valence-electron chi connectivity index (χ1n) is 5.46. The number of hydrogen-bond acceptors (Lipinski definition) is 3. The number of carbonyl (C=O) groups is 1. The second kappa shape index (κ2) is 8.88. The van der Waals surface area contributed by atoms with Crippen molar-refractivity contribution in [3.8, 4) is 0 Å². The number of benzene rings is 1. The number of hydrogen-bond donors (Lipinski definition) is 3. The average Bonchev–Trinajstić information content (AvgIpc) is 2.38. The molecule has 0 aliphatic heterocycles. The summed E-state index contributed by atoms with van der Waals surface area (Å²) in [6, 6.07) is 7.06. The maximum atomic E-state index is 11.3. The molecule has 0 aliphatic carbocycles. The van der Waals surface area contributed by atoms with Crippen LogP contribution in [0.1, 0.15) is 29.8 Å². The zero-order valence-electron chi connectivity index (χ0n) is 9.86. The molecular weight excluding hydrogens is 204 g/mol. The van der Waals surface area contributed by atoms with Gasteiger partial charge in [0.15, 0.2) is 0 Å². The van der Waals surface area contributed by atoms with Crippen molar-refractivity contribution >= 4 is 5.91 Å². The molecule has 0 atom stereocenters. The Kier molecular flexibility index (Phi) is 8.11. The number of nitrogens with one attached hydrogen (secondary N) is 1. The molecule has 4 N–H and O–H groups in total. The summed E-state index contributed by atoms with van der Waals surface area (Å²) < 4.78 is 0. The van der Waals surface area contributed by atoms with Crippen molar-refractivity contribution in [2.24, 2.45) is 5.73 Å². The lowest BCUT2D eigenvalue weighted by molar-refractivity contribution is 0.0945. The summed E-state index contributed by atoms with van der Waals surface area (Å²) in [5.41, 5.74) is 6.99. The van der Waals surface area contributed by atoms with Gasteiger partial charge >= 0.3 is 0 Å². The molecule has 1 aromatic rings. The maximum absolute atomic E-state index is 11.3. The summed E-state index contributed by atoms with van der Waals surface area (Å²) in [5.74, 6) is -0.178. The van der Waals surface area contributed by atoms with E-state index in [4.69, 9.17) is 10.8 Å². The number of carbonyl (C=O) groups excluding carboxylic acids is 1. The van der Waals surface area contributed by atoms with Gasteiger partial charge in [0.1, 0.15) is 0 Å². The van der Waals surface area contributed by atoms with Gasteiger partial charge in [-0.1, -0.05) is 26.0 Å².